The van der Waals surface area contributed by atoms with E-state index in [0.717, 1.165) is 17.8 Å². The number of fused-ring (bicyclic) bond motifs is 1. The number of halogens is 1. The Hall–Kier alpha value is -1.13. The molecule has 5 unspecified atom stereocenters. The minimum absolute atomic E-state index is 0.193. The van der Waals surface area contributed by atoms with Crippen molar-refractivity contribution in [2.75, 3.05) is 13.2 Å². The van der Waals surface area contributed by atoms with Crippen LogP contribution in [0.4, 0.5) is 9.18 Å². The van der Waals surface area contributed by atoms with Crippen LogP contribution >= 0.6 is 0 Å². The lowest BCUT2D eigenvalue weighted by Crippen LogP contribution is -2.68. The lowest BCUT2D eigenvalue weighted by Gasteiger charge is -2.72. The van der Waals surface area contributed by atoms with E-state index in [-0.39, 0.29) is 5.41 Å². The maximum Gasteiger partial charge on any atom is 0.496 e. The van der Waals surface area contributed by atoms with E-state index in [4.69, 9.17) is 4.74 Å². The summed E-state index contributed by atoms with van der Waals surface area (Å²) in [5, 5.41) is 0. The first-order chi connectivity index (χ1) is 9.06. The van der Waals surface area contributed by atoms with Gasteiger partial charge < -0.3 is 9.47 Å². The summed E-state index contributed by atoms with van der Waals surface area (Å²) >= 11 is 0. The van der Waals surface area contributed by atoms with E-state index in [1.807, 2.05) is 0 Å². The van der Waals surface area contributed by atoms with Gasteiger partial charge in [-0.3, -0.25) is 0 Å². The van der Waals surface area contributed by atoms with E-state index in [1.54, 1.807) is 0 Å². The van der Waals surface area contributed by atoms with Crippen LogP contribution in [-0.4, -0.2) is 25.4 Å². The molecule has 4 aliphatic rings. The Balaban J connectivity index is 1.37. The fraction of sp³-hybridized carbons (Fsp3) is 0.857. The molecule has 5 heteroatoms. The molecule has 0 amide bonds. The lowest BCUT2D eigenvalue weighted by molar-refractivity contribution is -0.260. The van der Waals surface area contributed by atoms with Gasteiger partial charge >= 0.3 is 12.2 Å². The molecule has 0 radical (unpaired) electrons. The molecule has 5 atom stereocenters. The van der Waals surface area contributed by atoms with Gasteiger partial charge in [0.1, 0.15) is 0 Å². The normalized spacial score (nSPS) is 47.9. The fourth-order valence-corrected chi connectivity index (χ4v) is 6.03. The van der Waals surface area contributed by atoms with Gasteiger partial charge in [0.05, 0.1) is 6.61 Å². The second-order valence-electron chi connectivity index (χ2n) is 6.85. The van der Waals surface area contributed by atoms with Crippen LogP contribution in [0, 0.1) is 28.6 Å². The smallest absolute Gasteiger partial charge is 0.463 e. The topological polar surface area (TPSA) is 52.6 Å². The van der Waals surface area contributed by atoms with Gasteiger partial charge in [-0.15, -0.1) is 4.39 Å². The van der Waals surface area contributed by atoms with Crippen molar-refractivity contribution >= 4 is 12.2 Å². The largest absolute Gasteiger partial charge is 0.496 e. The molecule has 2 bridgehead atoms. The van der Waals surface area contributed by atoms with Crippen molar-refractivity contribution in [1.82, 2.24) is 0 Å². The molecular formula is C14H17FO4. The number of hydrogen-bond donors (Lipinski definition) is 0. The second-order valence-corrected chi connectivity index (χ2v) is 6.85. The van der Waals surface area contributed by atoms with Crippen LogP contribution in [0.15, 0.2) is 0 Å². The molecule has 0 aromatic carbocycles. The van der Waals surface area contributed by atoms with E-state index in [0.29, 0.717) is 12.0 Å². The Kier molecular flexibility index (Phi) is 2.15. The SMILES string of the molecule is O=C(F)OCC(=O)OCC12CC3CC4CC(C1)C42C3. The second kappa shape index (κ2) is 3.49. The van der Waals surface area contributed by atoms with E-state index in [1.165, 1.54) is 32.1 Å². The highest BCUT2D eigenvalue weighted by Crippen LogP contribution is 2.86. The van der Waals surface area contributed by atoms with Gasteiger partial charge in [0.15, 0.2) is 6.61 Å². The number of carbonyl (C=O) groups excluding carboxylic acids is 2. The van der Waals surface area contributed by atoms with E-state index >= 15 is 0 Å². The van der Waals surface area contributed by atoms with Crippen LogP contribution in [0.5, 0.6) is 0 Å². The van der Waals surface area contributed by atoms with Crippen LogP contribution in [0.1, 0.15) is 32.1 Å². The summed E-state index contributed by atoms with van der Waals surface area (Å²) < 4.78 is 21.1. The van der Waals surface area contributed by atoms with Gasteiger partial charge in [-0.25, -0.2) is 9.59 Å². The number of hydrogen-bond acceptors (Lipinski definition) is 4. The molecule has 4 nitrogen and oxygen atoms in total. The zero-order valence-corrected chi connectivity index (χ0v) is 10.7. The Morgan fingerprint density at radius 2 is 1.95 bits per heavy atom. The van der Waals surface area contributed by atoms with Gasteiger partial charge in [-0.2, -0.15) is 0 Å². The average molecular weight is 268 g/mol. The number of rotatable bonds is 4. The van der Waals surface area contributed by atoms with Crippen LogP contribution in [0.25, 0.3) is 0 Å². The van der Waals surface area contributed by atoms with E-state index in [2.05, 4.69) is 4.74 Å². The summed E-state index contributed by atoms with van der Waals surface area (Å²) in [5.74, 6) is 1.89. The monoisotopic (exact) mass is 268 g/mol. The van der Waals surface area contributed by atoms with E-state index in [9.17, 15) is 14.0 Å². The summed E-state index contributed by atoms with van der Waals surface area (Å²) in [4.78, 5) is 21.4. The molecule has 4 aliphatic carbocycles. The highest BCUT2D eigenvalue weighted by molar-refractivity contribution is 5.73. The predicted octanol–water partition coefficient (Wildman–Crippen LogP) is 2.46. The van der Waals surface area contributed by atoms with Crippen molar-refractivity contribution in [2.24, 2.45) is 28.6 Å². The molecule has 0 saturated heterocycles. The van der Waals surface area contributed by atoms with Crippen molar-refractivity contribution < 1.29 is 23.5 Å². The van der Waals surface area contributed by atoms with Gasteiger partial charge in [0.25, 0.3) is 0 Å². The molecule has 0 aromatic heterocycles. The third kappa shape index (κ3) is 1.29. The first kappa shape index (κ1) is 11.7. The Bertz CT molecular complexity index is 464. The summed E-state index contributed by atoms with van der Waals surface area (Å²) in [6, 6.07) is 0. The molecular weight excluding hydrogens is 251 g/mol. The van der Waals surface area contributed by atoms with Crippen LogP contribution in [0.3, 0.4) is 0 Å². The predicted molar refractivity (Wildman–Crippen MR) is 61.8 cm³/mol. The molecule has 0 aliphatic heterocycles. The molecule has 4 rings (SSSR count). The molecule has 0 heterocycles. The maximum absolute atomic E-state index is 11.9. The summed E-state index contributed by atoms with van der Waals surface area (Å²) in [6.07, 6.45) is 4.47. The first-order valence-electron chi connectivity index (χ1n) is 7.04. The van der Waals surface area contributed by atoms with Crippen molar-refractivity contribution in [3.63, 3.8) is 0 Å². The molecule has 19 heavy (non-hydrogen) atoms. The highest BCUT2D eigenvalue weighted by Gasteiger charge is 2.80. The molecule has 4 saturated carbocycles. The average Bonchev–Trinajstić information content (AvgIpc) is 2.81. The summed E-state index contributed by atoms with van der Waals surface area (Å²) in [7, 11) is 0. The zero-order valence-electron chi connectivity index (χ0n) is 10.7. The molecule has 104 valence electrons. The van der Waals surface area contributed by atoms with Crippen LogP contribution < -0.4 is 0 Å². The fourth-order valence-electron chi connectivity index (χ4n) is 6.03. The molecule has 4 fully saturated rings. The number of carbonyl (C=O) groups is 2. The van der Waals surface area contributed by atoms with Gasteiger partial charge in [0.2, 0.25) is 0 Å². The Labute approximate surface area is 110 Å². The standard InChI is InChI=1S/C14H17FO4/c15-12(17)18-6-11(16)19-7-13-3-8-1-9-2-10(5-13)14(9,13)4-8/h8-10H,1-7H2. The summed E-state index contributed by atoms with van der Waals surface area (Å²) in [6.45, 7) is -0.187. The minimum atomic E-state index is -1.93. The van der Waals surface area contributed by atoms with E-state index < -0.39 is 18.8 Å². The molecule has 0 N–H and O–H groups in total. The highest BCUT2D eigenvalue weighted by atomic mass is 19.1. The number of ether oxygens (including phenoxy) is 2. The van der Waals surface area contributed by atoms with Crippen molar-refractivity contribution in [2.45, 2.75) is 32.1 Å². The third-order valence-electron chi connectivity index (χ3n) is 6.39. The van der Waals surface area contributed by atoms with Crippen LogP contribution in [-0.2, 0) is 14.3 Å². The first-order valence-corrected chi connectivity index (χ1v) is 7.04. The summed E-state index contributed by atoms with van der Waals surface area (Å²) in [5.41, 5.74) is 0.660. The number of esters is 1. The Morgan fingerprint density at radius 1 is 1.11 bits per heavy atom. The van der Waals surface area contributed by atoms with Crippen molar-refractivity contribution in [3.05, 3.63) is 0 Å². The maximum atomic E-state index is 11.9. The van der Waals surface area contributed by atoms with Gasteiger partial charge in [-0.1, -0.05) is 0 Å². The third-order valence-corrected chi connectivity index (χ3v) is 6.39. The molecule has 1 spiro atoms. The van der Waals surface area contributed by atoms with Gasteiger partial charge in [0, 0.05) is 5.41 Å². The van der Waals surface area contributed by atoms with Crippen molar-refractivity contribution in [3.8, 4) is 0 Å². The van der Waals surface area contributed by atoms with Gasteiger partial charge in [-0.05, 0) is 55.3 Å². The zero-order chi connectivity index (χ0) is 13.3. The Morgan fingerprint density at radius 3 is 2.63 bits per heavy atom. The quantitative estimate of drug-likeness (QED) is 0.580. The van der Waals surface area contributed by atoms with Crippen molar-refractivity contribution in [1.29, 1.82) is 0 Å². The lowest BCUT2D eigenvalue weighted by atomic mass is 9.32. The van der Waals surface area contributed by atoms with Crippen LogP contribution in [0.2, 0.25) is 0 Å². The minimum Gasteiger partial charge on any atom is -0.463 e. The molecule has 0 aromatic rings.